The van der Waals surface area contributed by atoms with E-state index in [0.717, 1.165) is 18.9 Å². The lowest BCUT2D eigenvalue weighted by atomic mass is 9.83. The number of carbonyl (C=O) groups excluding carboxylic acids is 1. The zero-order valence-electron chi connectivity index (χ0n) is 12.9. The van der Waals surface area contributed by atoms with Gasteiger partial charge in [-0.25, -0.2) is 0 Å². The van der Waals surface area contributed by atoms with Gasteiger partial charge in [-0.05, 0) is 49.9 Å². The third-order valence-corrected chi connectivity index (χ3v) is 6.23. The van der Waals surface area contributed by atoms with Gasteiger partial charge < -0.3 is 10.6 Å². The molecular weight excluding hydrogens is 248 g/mol. The number of carbonyl (C=O) groups is 1. The summed E-state index contributed by atoms with van der Waals surface area (Å²) in [6.07, 6.45) is 12.8. The van der Waals surface area contributed by atoms with E-state index in [4.69, 9.17) is 0 Å². The summed E-state index contributed by atoms with van der Waals surface area (Å²) in [4.78, 5) is 12.4. The van der Waals surface area contributed by atoms with Gasteiger partial charge in [0.2, 0.25) is 5.91 Å². The predicted molar refractivity (Wildman–Crippen MR) is 81.5 cm³/mol. The minimum atomic E-state index is 0.0819. The summed E-state index contributed by atoms with van der Waals surface area (Å²) in [6, 6.07) is 0.699. The van der Waals surface area contributed by atoms with Crippen molar-refractivity contribution in [3.63, 3.8) is 0 Å². The van der Waals surface area contributed by atoms with Crippen LogP contribution in [0.15, 0.2) is 0 Å². The molecule has 1 saturated heterocycles. The standard InChI is InChI=1S/C17H30N2O/c1-2-17(9-5-6-10-17)12-18-16(20)15-11-13-7-3-4-8-14(13)19-15/h13-15,19H,2-12H2,1H3,(H,18,20). The molecule has 0 aromatic carbocycles. The molecule has 20 heavy (non-hydrogen) atoms. The van der Waals surface area contributed by atoms with Gasteiger partial charge in [0, 0.05) is 12.6 Å². The van der Waals surface area contributed by atoms with Crippen LogP contribution in [-0.2, 0) is 4.79 Å². The second kappa shape index (κ2) is 6.05. The van der Waals surface area contributed by atoms with E-state index in [2.05, 4.69) is 17.6 Å². The first-order valence-electron chi connectivity index (χ1n) is 8.76. The second-order valence-electron chi connectivity index (χ2n) is 7.38. The largest absolute Gasteiger partial charge is 0.354 e. The SMILES string of the molecule is CCC1(CNC(=O)C2CC3CCCCC3N2)CCCC1. The van der Waals surface area contributed by atoms with Crippen molar-refractivity contribution in [1.82, 2.24) is 10.6 Å². The quantitative estimate of drug-likeness (QED) is 0.830. The minimum Gasteiger partial charge on any atom is -0.354 e. The zero-order chi connectivity index (χ0) is 14.0. The van der Waals surface area contributed by atoms with Crippen molar-refractivity contribution >= 4 is 5.91 Å². The van der Waals surface area contributed by atoms with Crippen molar-refractivity contribution in [2.24, 2.45) is 11.3 Å². The molecular formula is C17H30N2O. The molecule has 1 amide bonds. The average Bonchev–Trinajstić information content (AvgIpc) is 3.12. The normalized spacial score (nSPS) is 35.8. The summed E-state index contributed by atoms with van der Waals surface area (Å²) < 4.78 is 0. The van der Waals surface area contributed by atoms with E-state index >= 15 is 0 Å². The summed E-state index contributed by atoms with van der Waals surface area (Å²) in [7, 11) is 0. The lowest BCUT2D eigenvalue weighted by molar-refractivity contribution is -0.123. The van der Waals surface area contributed by atoms with Crippen LogP contribution in [0, 0.1) is 11.3 Å². The fraction of sp³-hybridized carbons (Fsp3) is 0.941. The summed E-state index contributed by atoms with van der Waals surface area (Å²) in [6.45, 7) is 3.18. The molecule has 0 aromatic heterocycles. The fourth-order valence-electron chi connectivity index (χ4n) is 4.70. The first-order valence-corrected chi connectivity index (χ1v) is 8.76. The number of amides is 1. The molecule has 1 heterocycles. The summed E-state index contributed by atoms with van der Waals surface area (Å²) in [5.41, 5.74) is 0.404. The minimum absolute atomic E-state index is 0.0819. The third kappa shape index (κ3) is 2.88. The number of hydrogen-bond acceptors (Lipinski definition) is 2. The monoisotopic (exact) mass is 278 g/mol. The molecule has 0 radical (unpaired) electrons. The van der Waals surface area contributed by atoms with E-state index in [9.17, 15) is 4.79 Å². The average molecular weight is 278 g/mol. The summed E-state index contributed by atoms with van der Waals surface area (Å²) >= 11 is 0. The highest BCUT2D eigenvalue weighted by Crippen LogP contribution is 2.40. The Kier molecular flexibility index (Phi) is 4.34. The maximum Gasteiger partial charge on any atom is 0.237 e. The molecule has 3 nitrogen and oxygen atoms in total. The fourth-order valence-corrected chi connectivity index (χ4v) is 4.70. The highest BCUT2D eigenvalue weighted by atomic mass is 16.2. The highest BCUT2D eigenvalue weighted by molar-refractivity contribution is 5.82. The van der Waals surface area contributed by atoms with Crippen LogP contribution < -0.4 is 10.6 Å². The van der Waals surface area contributed by atoms with Gasteiger partial charge in [-0.1, -0.05) is 32.6 Å². The van der Waals surface area contributed by atoms with Gasteiger partial charge in [0.25, 0.3) is 0 Å². The zero-order valence-corrected chi connectivity index (χ0v) is 12.9. The van der Waals surface area contributed by atoms with Gasteiger partial charge in [-0.15, -0.1) is 0 Å². The van der Waals surface area contributed by atoms with E-state index < -0.39 is 0 Å². The van der Waals surface area contributed by atoms with Crippen LogP contribution in [0.5, 0.6) is 0 Å². The van der Waals surface area contributed by atoms with Crippen molar-refractivity contribution in [2.45, 2.75) is 83.2 Å². The summed E-state index contributed by atoms with van der Waals surface area (Å²) in [5, 5.41) is 6.85. The molecule has 0 aromatic rings. The molecule has 3 unspecified atom stereocenters. The molecule has 3 fully saturated rings. The topological polar surface area (TPSA) is 41.1 Å². The van der Waals surface area contributed by atoms with E-state index in [-0.39, 0.29) is 11.9 Å². The van der Waals surface area contributed by atoms with Gasteiger partial charge in [-0.3, -0.25) is 4.79 Å². The Morgan fingerprint density at radius 2 is 1.95 bits per heavy atom. The molecule has 1 aliphatic heterocycles. The van der Waals surface area contributed by atoms with Crippen molar-refractivity contribution in [3.8, 4) is 0 Å². The van der Waals surface area contributed by atoms with E-state index in [1.165, 1.54) is 57.8 Å². The molecule has 114 valence electrons. The van der Waals surface area contributed by atoms with Gasteiger partial charge in [0.15, 0.2) is 0 Å². The van der Waals surface area contributed by atoms with Crippen molar-refractivity contribution in [1.29, 1.82) is 0 Å². The Morgan fingerprint density at radius 1 is 1.20 bits per heavy atom. The molecule has 3 heteroatoms. The lowest BCUT2D eigenvalue weighted by Crippen LogP contribution is -2.46. The Hall–Kier alpha value is -0.570. The van der Waals surface area contributed by atoms with E-state index in [1.54, 1.807) is 0 Å². The van der Waals surface area contributed by atoms with Crippen molar-refractivity contribution < 1.29 is 4.79 Å². The van der Waals surface area contributed by atoms with Crippen LogP contribution in [0.25, 0.3) is 0 Å². The van der Waals surface area contributed by atoms with E-state index in [0.29, 0.717) is 11.5 Å². The molecule has 3 aliphatic rings. The van der Waals surface area contributed by atoms with Crippen LogP contribution in [0.2, 0.25) is 0 Å². The van der Waals surface area contributed by atoms with Crippen LogP contribution in [0.4, 0.5) is 0 Å². The van der Waals surface area contributed by atoms with Gasteiger partial charge in [0.05, 0.1) is 6.04 Å². The highest BCUT2D eigenvalue weighted by Gasteiger charge is 2.39. The van der Waals surface area contributed by atoms with Gasteiger partial charge in [-0.2, -0.15) is 0 Å². The number of rotatable bonds is 4. The van der Waals surface area contributed by atoms with Crippen LogP contribution >= 0.6 is 0 Å². The molecule has 0 spiro atoms. The first-order chi connectivity index (χ1) is 9.72. The third-order valence-electron chi connectivity index (χ3n) is 6.23. The predicted octanol–water partition coefficient (Wildman–Crippen LogP) is 2.99. The van der Waals surface area contributed by atoms with Crippen molar-refractivity contribution in [3.05, 3.63) is 0 Å². The van der Waals surface area contributed by atoms with E-state index in [1.807, 2.05) is 0 Å². The molecule has 0 bridgehead atoms. The second-order valence-corrected chi connectivity index (χ2v) is 7.38. The first kappa shape index (κ1) is 14.4. The number of fused-ring (bicyclic) bond motifs is 1. The molecule has 2 aliphatic carbocycles. The number of nitrogens with one attached hydrogen (secondary N) is 2. The summed E-state index contributed by atoms with van der Waals surface area (Å²) in [5.74, 6) is 1.02. The molecule has 2 saturated carbocycles. The van der Waals surface area contributed by atoms with Crippen molar-refractivity contribution in [2.75, 3.05) is 6.54 Å². The van der Waals surface area contributed by atoms with Gasteiger partial charge >= 0.3 is 0 Å². The Balaban J connectivity index is 1.50. The Labute approximate surface area is 123 Å². The van der Waals surface area contributed by atoms with Crippen LogP contribution in [0.3, 0.4) is 0 Å². The molecule has 3 atom stereocenters. The van der Waals surface area contributed by atoms with Crippen LogP contribution in [-0.4, -0.2) is 24.5 Å². The molecule has 3 rings (SSSR count). The van der Waals surface area contributed by atoms with Crippen LogP contribution in [0.1, 0.15) is 71.1 Å². The Morgan fingerprint density at radius 3 is 2.65 bits per heavy atom. The number of hydrogen-bond donors (Lipinski definition) is 2. The Bertz CT molecular complexity index is 335. The van der Waals surface area contributed by atoms with Gasteiger partial charge in [0.1, 0.15) is 0 Å². The smallest absolute Gasteiger partial charge is 0.237 e. The maximum absolute atomic E-state index is 12.4. The lowest BCUT2D eigenvalue weighted by Gasteiger charge is -2.28. The maximum atomic E-state index is 12.4. The molecule has 2 N–H and O–H groups in total.